The summed E-state index contributed by atoms with van der Waals surface area (Å²) in [6.07, 6.45) is 1.45. The van der Waals surface area contributed by atoms with Crippen LogP contribution in [0.25, 0.3) is 0 Å². The van der Waals surface area contributed by atoms with Crippen LogP contribution in [0.4, 0.5) is 11.4 Å². The molecule has 0 unspecified atom stereocenters. The van der Waals surface area contributed by atoms with Crippen molar-refractivity contribution in [2.75, 3.05) is 23.1 Å². The summed E-state index contributed by atoms with van der Waals surface area (Å²) in [5.74, 6) is 0.211. The number of aryl methyl sites for hydroxylation is 3. The number of hydrazine groups is 2. The van der Waals surface area contributed by atoms with E-state index in [-0.39, 0.29) is 10.8 Å². The number of para-hydroxylation sites is 2. The van der Waals surface area contributed by atoms with Crippen LogP contribution >= 0.6 is 0 Å². The van der Waals surface area contributed by atoms with Crippen molar-refractivity contribution >= 4 is 33.1 Å². The van der Waals surface area contributed by atoms with Gasteiger partial charge in [0.05, 0.1) is 21.6 Å². The maximum atomic E-state index is 13.8. The number of nitrogens with zero attached hydrogens (tertiary/aromatic N) is 5. The molecule has 9 nitrogen and oxygen atoms in total. The average Bonchev–Trinajstić information content (AvgIpc) is 3.46. The summed E-state index contributed by atoms with van der Waals surface area (Å²) in [4.78, 5) is 19.7. The highest BCUT2D eigenvalue weighted by Gasteiger charge is 2.47. The minimum Gasteiger partial charge on any atom is -0.267 e. The van der Waals surface area contributed by atoms with Gasteiger partial charge in [-0.25, -0.2) is 8.42 Å². The first kappa shape index (κ1) is 26.9. The summed E-state index contributed by atoms with van der Waals surface area (Å²) in [5, 5.41) is 8.89. The van der Waals surface area contributed by atoms with Crippen LogP contribution in [0.15, 0.2) is 70.7 Å². The zero-order valence-electron chi connectivity index (χ0n) is 22.9. The Labute approximate surface area is 229 Å². The minimum absolute atomic E-state index is 0.165. The van der Waals surface area contributed by atoms with E-state index in [1.54, 1.807) is 17.1 Å². The Bertz CT molecular complexity index is 1520. The molecule has 3 aromatic rings. The van der Waals surface area contributed by atoms with Gasteiger partial charge in [-0.1, -0.05) is 43.7 Å². The maximum Gasteiger partial charge on any atom is 0.277 e. The molecule has 0 aliphatic carbocycles. The van der Waals surface area contributed by atoms with Crippen LogP contribution in [0, 0.1) is 20.8 Å². The van der Waals surface area contributed by atoms with Crippen LogP contribution in [0.3, 0.4) is 0 Å². The first-order valence-electron chi connectivity index (χ1n) is 13.2. The lowest BCUT2D eigenvalue weighted by Crippen LogP contribution is -2.49. The van der Waals surface area contributed by atoms with Crippen molar-refractivity contribution in [3.63, 3.8) is 0 Å². The molecule has 0 radical (unpaired) electrons. The molecule has 5 rings (SSSR count). The molecule has 2 aliphatic rings. The monoisotopic (exact) mass is 547 g/mol. The Morgan fingerprint density at radius 1 is 0.897 bits per heavy atom. The van der Waals surface area contributed by atoms with Gasteiger partial charge in [-0.15, -0.1) is 0 Å². The number of benzene rings is 3. The molecule has 0 saturated heterocycles. The van der Waals surface area contributed by atoms with E-state index >= 15 is 0 Å². The second-order valence-corrected chi connectivity index (χ2v) is 11.8. The van der Waals surface area contributed by atoms with Gasteiger partial charge >= 0.3 is 0 Å². The summed E-state index contributed by atoms with van der Waals surface area (Å²) in [7, 11) is -3.65. The van der Waals surface area contributed by atoms with Crippen LogP contribution in [0.2, 0.25) is 0 Å². The van der Waals surface area contributed by atoms with Crippen LogP contribution in [0.5, 0.6) is 0 Å². The lowest BCUT2D eigenvalue weighted by atomic mass is 9.98. The Balaban J connectivity index is 1.47. The van der Waals surface area contributed by atoms with E-state index in [9.17, 15) is 13.2 Å². The lowest BCUT2D eigenvalue weighted by Gasteiger charge is -2.25. The quantitative estimate of drug-likeness (QED) is 0.379. The fraction of sp³-hybridized carbons (Fsp3) is 0.310. The number of sulfonamides is 1. The molecule has 1 amide bonds. The number of carbonyl (C=O) groups excluding carboxylic acids is 1. The van der Waals surface area contributed by atoms with E-state index in [2.05, 4.69) is 24.2 Å². The van der Waals surface area contributed by atoms with Gasteiger partial charge in [0.2, 0.25) is 15.9 Å². The minimum atomic E-state index is -3.65. The number of hydrogen-bond donors (Lipinski definition) is 0. The van der Waals surface area contributed by atoms with Gasteiger partial charge in [-0.2, -0.15) is 14.3 Å². The summed E-state index contributed by atoms with van der Waals surface area (Å²) in [6.45, 7) is 10.9. The largest absolute Gasteiger partial charge is 0.277 e. The second-order valence-electron chi connectivity index (χ2n) is 9.87. The smallest absolute Gasteiger partial charge is 0.267 e. The van der Waals surface area contributed by atoms with E-state index in [0.717, 1.165) is 40.8 Å². The van der Waals surface area contributed by atoms with Crippen molar-refractivity contribution in [2.45, 2.75) is 52.4 Å². The molecular weight excluding hydrogens is 514 g/mol. The van der Waals surface area contributed by atoms with Gasteiger partial charge < -0.3 is 0 Å². The lowest BCUT2D eigenvalue weighted by molar-refractivity contribution is -0.135. The molecule has 0 N–H and O–H groups in total. The van der Waals surface area contributed by atoms with E-state index in [1.165, 1.54) is 26.7 Å². The first-order valence-corrected chi connectivity index (χ1v) is 14.6. The number of amidine groups is 1. The molecule has 2 aliphatic heterocycles. The average molecular weight is 548 g/mol. The zero-order chi connectivity index (χ0) is 27.9. The fourth-order valence-corrected chi connectivity index (χ4v) is 6.87. The van der Waals surface area contributed by atoms with Gasteiger partial charge in [0.25, 0.3) is 5.91 Å². The molecule has 0 atom stereocenters. The van der Waals surface area contributed by atoms with Gasteiger partial charge in [0.1, 0.15) is 0 Å². The Kier molecular flexibility index (Phi) is 7.19. The summed E-state index contributed by atoms with van der Waals surface area (Å²) < 4.78 is 27.9. The number of amides is 1. The summed E-state index contributed by atoms with van der Waals surface area (Å²) >= 11 is 0. The molecule has 0 fully saturated rings. The number of oxime groups is 1. The van der Waals surface area contributed by atoms with Gasteiger partial charge in [-0.05, 0) is 86.3 Å². The Hall–Kier alpha value is -3.73. The van der Waals surface area contributed by atoms with Crippen molar-refractivity contribution in [1.29, 1.82) is 0 Å². The van der Waals surface area contributed by atoms with Gasteiger partial charge in [0.15, 0.2) is 0 Å². The standard InChI is InChI=1S/C29H33N5O4S/c1-6-16-31(17-7-2)39(36,37)24-14-12-23(13-15-24)29(35)33-26-11-9-8-10-25(26)32-28(30-38-34(32)33)27-21(4)18-20(3)19-22(27)5/h8-15,18-19H,6-7,16-17H2,1-5H3. The van der Waals surface area contributed by atoms with Crippen LogP contribution in [-0.2, 0) is 15.0 Å². The highest BCUT2D eigenvalue weighted by atomic mass is 32.2. The van der Waals surface area contributed by atoms with Crippen molar-refractivity contribution in [1.82, 2.24) is 9.59 Å². The first-order chi connectivity index (χ1) is 18.7. The molecule has 0 saturated carbocycles. The SMILES string of the molecule is CCCN(CCC)S(=O)(=O)c1ccc(C(=O)N2c3ccccc3N3C(c4c(C)cc(C)cc4C)=NON23)cc1. The predicted molar refractivity (Wildman–Crippen MR) is 152 cm³/mol. The molecule has 2 heterocycles. The van der Waals surface area contributed by atoms with Crippen LogP contribution < -0.4 is 10.0 Å². The third kappa shape index (κ3) is 4.58. The highest BCUT2D eigenvalue weighted by molar-refractivity contribution is 7.89. The molecule has 10 heteroatoms. The van der Waals surface area contributed by atoms with Crippen molar-refractivity contribution in [3.8, 4) is 0 Å². The predicted octanol–water partition coefficient (Wildman–Crippen LogP) is 5.33. The Morgan fingerprint density at radius 3 is 2.08 bits per heavy atom. The fourth-order valence-electron chi connectivity index (χ4n) is 5.24. The van der Waals surface area contributed by atoms with E-state index in [0.29, 0.717) is 30.2 Å². The molecule has 3 aromatic carbocycles. The highest BCUT2D eigenvalue weighted by Crippen LogP contribution is 2.43. The summed E-state index contributed by atoms with van der Waals surface area (Å²) in [6, 6.07) is 17.8. The van der Waals surface area contributed by atoms with Crippen molar-refractivity contribution in [2.24, 2.45) is 5.16 Å². The third-order valence-electron chi connectivity index (χ3n) is 6.86. The zero-order valence-corrected chi connectivity index (χ0v) is 23.7. The molecule has 204 valence electrons. The number of hydrogen-bond acceptors (Lipinski definition) is 7. The molecule has 0 aromatic heterocycles. The van der Waals surface area contributed by atoms with Gasteiger partial charge in [0, 0.05) is 24.2 Å². The van der Waals surface area contributed by atoms with E-state index in [1.807, 2.05) is 52.0 Å². The van der Waals surface area contributed by atoms with Crippen LogP contribution in [0.1, 0.15) is 59.3 Å². The molecule has 0 bridgehead atoms. The maximum absolute atomic E-state index is 13.8. The van der Waals surface area contributed by atoms with Gasteiger partial charge in [-0.3, -0.25) is 9.73 Å². The normalized spacial score (nSPS) is 14.9. The number of carbonyl (C=O) groups is 1. The van der Waals surface area contributed by atoms with E-state index < -0.39 is 10.0 Å². The molecule has 0 spiro atoms. The van der Waals surface area contributed by atoms with Crippen molar-refractivity contribution in [3.05, 3.63) is 88.5 Å². The topological polar surface area (TPSA) is 85.8 Å². The number of fused-ring (bicyclic) bond motifs is 3. The second kappa shape index (κ2) is 10.4. The van der Waals surface area contributed by atoms with Crippen molar-refractivity contribution < 1.29 is 18.2 Å². The third-order valence-corrected chi connectivity index (χ3v) is 8.77. The Morgan fingerprint density at radius 2 is 1.49 bits per heavy atom. The number of anilines is 2. The molecular formula is C29H33N5O4S. The molecule has 39 heavy (non-hydrogen) atoms. The summed E-state index contributed by atoms with van der Waals surface area (Å²) in [5.41, 5.74) is 5.89. The number of rotatable bonds is 8. The van der Waals surface area contributed by atoms with Crippen LogP contribution in [-0.4, -0.2) is 42.8 Å². The van der Waals surface area contributed by atoms with E-state index in [4.69, 9.17) is 4.94 Å².